The van der Waals surface area contributed by atoms with E-state index in [0.717, 1.165) is 34.3 Å². The first-order valence-electron chi connectivity index (χ1n) is 11.5. The Morgan fingerprint density at radius 2 is 1.75 bits per heavy atom. The molecule has 0 bridgehead atoms. The third-order valence-corrected chi connectivity index (χ3v) is 6.62. The monoisotopic (exact) mass is 525 g/mol. The summed E-state index contributed by atoms with van der Waals surface area (Å²) in [6.45, 7) is 5.27. The molecule has 2 aromatic rings. The van der Waals surface area contributed by atoms with Gasteiger partial charge in [0, 0.05) is 31.6 Å². The Hall–Kier alpha value is -3.21. The van der Waals surface area contributed by atoms with Gasteiger partial charge in [0.15, 0.2) is 11.6 Å². The number of benzene rings is 2. The molecule has 8 nitrogen and oxygen atoms in total. The molecule has 0 spiro atoms. The maximum Gasteiger partial charge on any atom is 0.242 e. The van der Waals surface area contributed by atoms with Crippen LogP contribution < -0.4 is 14.4 Å². The average Bonchev–Trinajstić information content (AvgIpc) is 2.80. The molecule has 1 atom stereocenters. The lowest BCUT2D eigenvalue weighted by molar-refractivity contribution is -0.140. The number of methoxy groups -OCH3 is 1. The van der Waals surface area contributed by atoms with Crippen molar-refractivity contribution < 1.29 is 31.5 Å². The van der Waals surface area contributed by atoms with Gasteiger partial charge >= 0.3 is 0 Å². The number of nitrogens with zero attached hydrogens (tertiary/aromatic N) is 2. The van der Waals surface area contributed by atoms with Crippen molar-refractivity contribution in [2.24, 2.45) is 0 Å². The molecule has 0 saturated heterocycles. The summed E-state index contributed by atoms with van der Waals surface area (Å²) < 4.78 is 57.8. The molecule has 0 aliphatic rings. The van der Waals surface area contributed by atoms with Gasteiger partial charge in [-0.15, -0.1) is 0 Å². The molecule has 2 rings (SSSR count). The van der Waals surface area contributed by atoms with Crippen LogP contribution in [-0.2, 0) is 26.2 Å². The molecule has 1 N–H and O–H groups in total. The smallest absolute Gasteiger partial charge is 0.242 e. The number of halogens is 2. The summed E-state index contributed by atoms with van der Waals surface area (Å²) in [6, 6.07) is 9.02. The van der Waals surface area contributed by atoms with Crippen molar-refractivity contribution >= 4 is 27.5 Å². The van der Waals surface area contributed by atoms with Gasteiger partial charge in [-0.2, -0.15) is 0 Å². The van der Waals surface area contributed by atoms with Gasteiger partial charge in [0.25, 0.3) is 0 Å². The van der Waals surface area contributed by atoms with E-state index in [4.69, 9.17) is 4.74 Å². The third kappa shape index (κ3) is 8.18. The predicted molar refractivity (Wildman–Crippen MR) is 134 cm³/mol. The van der Waals surface area contributed by atoms with Gasteiger partial charge in [-0.05, 0) is 57.0 Å². The number of rotatable bonds is 12. The lowest BCUT2D eigenvalue weighted by atomic mass is 10.1. The molecule has 36 heavy (non-hydrogen) atoms. The Balaban J connectivity index is 2.20. The van der Waals surface area contributed by atoms with Gasteiger partial charge in [-0.3, -0.25) is 13.9 Å². The molecule has 0 radical (unpaired) electrons. The van der Waals surface area contributed by atoms with E-state index in [2.05, 4.69) is 5.32 Å². The third-order valence-electron chi connectivity index (χ3n) is 5.43. The second-order valence-electron chi connectivity index (χ2n) is 8.75. The van der Waals surface area contributed by atoms with Crippen LogP contribution in [0.4, 0.5) is 14.5 Å². The highest BCUT2D eigenvalue weighted by atomic mass is 32.2. The van der Waals surface area contributed by atoms with Gasteiger partial charge in [0.2, 0.25) is 21.8 Å². The molecule has 0 aromatic heterocycles. The van der Waals surface area contributed by atoms with Crippen molar-refractivity contribution in [1.29, 1.82) is 0 Å². The number of hydrogen-bond acceptors (Lipinski definition) is 5. The van der Waals surface area contributed by atoms with Gasteiger partial charge in [0.05, 0.1) is 19.1 Å². The summed E-state index contributed by atoms with van der Waals surface area (Å²) in [7, 11) is -2.29. The minimum Gasteiger partial charge on any atom is -0.497 e. The standard InChI is InChI=1S/C25H33F2N3O5S/c1-17(2)28-25(32)18(3)29(16-19-8-6-9-21(14-19)35-4)24(31)10-7-13-30(36(5,33)34)20-11-12-22(26)23(27)15-20/h6,8-9,11-12,14-15,17-18H,7,10,13,16H2,1-5H3,(H,28,32). The first-order chi connectivity index (χ1) is 16.8. The highest BCUT2D eigenvalue weighted by Gasteiger charge is 2.27. The fourth-order valence-corrected chi connectivity index (χ4v) is 4.56. The Kier molecular flexibility index (Phi) is 10.2. The molecule has 0 aliphatic carbocycles. The molecular weight excluding hydrogens is 492 g/mol. The Morgan fingerprint density at radius 3 is 2.33 bits per heavy atom. The summed E-state index contributed by atoms with van der Waals surface area (Å²) in [5.74, 6) is -2.34. The quantitative estimate of drug-likeness (QED) is 0.458. The SMILES string of the molecule is COc1cccc(CN(C(=O)CCCN(c2ccc(F)c(F)c2)S(C)(=O)=O)C(C)C(=O)NC(C)C)c1. The van der Waals surface area contributed by atoms with Crippen LogP contribution in [0.5, 0.6) is 5.75 Å². The van der Waals surface area contributed by atoms with Crippen LogP contribution in [0.1, 0.15) is 39.2 Å². The summed E-state index contributed by atoms with van der Waals surface area (Å²) in [5, 5.41) is 2.80. The summed E-state index contributed by atoms with van der Waals surface area (Å²) in [6.07, 6.45) is 0.973. The Labute approximate surface area is 211 Å². The van der Waals surface area contributed by atoms with Crippen LogP contribution in [0.25, 0.3) is 0 Å². The van der Waals surface area contributed by atoms with Crippen LogP contribution in [-0.4, -0.2) is 57.1 Å². The topological polar surface area (TPSA) is 96.0 Å². The number of amides is 2. The van der Waals surface area contributed by atoms with Crippen molar-refractivity contribution in [1.82, 2.24) is 10.2 Å². The minimum absolute atomic E-state index is 0.0400. The second kappa shape index (κ2) is 12.7. The Bertz CT molecular complexity index is 1170. The van der Waals surface area contributed by atoms with E-state index in [1.165, 1.54) is 12.0 Å². The van der Waals surface area contributed by atoms with Gasteiger partial charge in [0.1, 0.15) is 11.8 Å². The molecule has 11 heteroatoms. The molecule has 2 amide bonds. The summed E-state index contributed by atoms with van der Waals surface area (Å²) >= 11 is 0. The van der Waals surface area contributed by atoms with Gasteiger partial charge in [-0.1, -0.05) is 12.1 Å². The number of carbonyl (C=O) groups is 2. The van der Waals surface area contributed by atoms with E-state index in [1.807, 2.05) is 19.9 Å². The van der Waals surface area contributed by atoms with Crippen LogP contribution in [0.2, 0.25) is 0 Å². The number of nitrogens with one attached hydrogen (secondary N) is 1. The number of carbonyl (C=O) groups excluding carboxylic acids is 2. The number of hydrogen-bond donors (Lipinski definition) is 1. The van der Waals surface area contributed by atoms with E-state index in [1.54, 1.807) is 25.1 Å². The molecule has 0 heterocycles. The fourth-order valence-electron chi connectivity index (χ4n) is 3.60. The fraction of sp³-hybridized carbons (Fsp3) is 0.440. The zero-order valence-electron chi connectivity index (χ0n) is 21.1. The first-order valence-corrected chi connectivity index (χ1v) is 13.3. The number of sulfonamides is 1. The summed E-state index contributed by atoms with van der Waals surface area (Å²) in [4.78, 5) is 27.3. The molecule has 2 aromatic carbocycles. The van der Waals surface area contributed by atoms with Crippen molar-refractivity contribution in [3.63, 3.8) is 0 Å². The molecular formula is C25H33F2N3O5S. The first kappa shape index (κ1) is 29.0. The second-order valence-corrected chi connectivity index (χ2v) is 10.7. The zero-order chi connectivity index (χ0) is 27.0. The van der Waals surface area contributed by atoms with E-state index >= 15 is 0 Å². The van der Waals surface area contributed by atoms with Crippen LogP contribution in [0, 0.1) is 11.6 Å². The van der Waals surface area contributed by atoms with Gasteiger partial charge < -0.3 is 15.0 Å². The van der Waals surface area contributed by atoms with E-state index in [9.17, 15) is 26.8 Å². The highest BCUT2D eigenvalue weighted by Crippen LogP contribution is 2.22. The minimum atomic E-state index is -3.82. The van der Waals surface area contributed by atoms with E-state index in [-0.39, 0.29) is 49.5 Å². The van der Waals surface area contributed by atoms with Crippen molar-refractivity contribution in [3.05, 3.63) is 59.7 Å². The van der Waals surface area contributed by atoms with E-state index < -0.39 is 27.7 Å². The average molecular weight is 526 g/mol. The molecule has 1 unspecified atom stereocenters. The summed E-state index contributed by atoms with van der Waals surface area (Å²) in [5.41, 5.74) is 0.716. The predicted octanol–water partition coefficient (Wildman–Crippen LogP) is 3.46. The molecule has 0 saturated carbocycles. The molecule has 0 fully saturated rings. The van der Waals surface area contributed by atoms with Gasteiger partial charge in [-0.25, -0.2) is 17.2 Å². The van der Waals surface area contributed by atoms with E-state index in [0.29, 0.717) is 5.75 Å². The maximum atomic E-state index is 13.7. The lowest BCUT2D eigenvalue weighted by Gasteiger charge is -2.30. The van der Waals surface area contributed by atoms with Crippen molar-refractivity contribution in [2.75, 3.05) is 24.2 Å². The maximum absolute atomic E-state index is 13.7. The largest absolute Gasteiger partial charge is 0.497 e. The van der Waals surface area contributed by atoms with Crippen molar-refractivity contribution in [2.45, 2.75) is 52.2 Å². The van der Waals surface area contributed by atoms with Crippen LogP contribution >= 0.6 is 0 Å². The Morgan fingerprint density at radius 1 is 1.06 bits per heavy atom. The normalized spacial score (nSPS) is 12.2. The highest BCUT2D eigenvalue weighted by molar-refractivity contribution is 7.92. The number of ether oxygens (including phenoxy) is 1. The van der Waals surface area contributed by atoms with Crippen LogP contribution in [0.3, 0.4) is 0 Å². The molecule has 198 valence electrons. The number of anilines is 1. The molecule has 0 aliphatic heterocycles. The zero-order valence-corrected chi connectivity index (χ0v) is 21.9. The van der Waals surface area contributed by atoms with Crippen molar-refractivity contribution in [3.8, 4) is 5.75 Å². The van der Waals surface area contributed by atoms with Crippen LogP contribution in [0.15, 0.2) is 42.5 Å². The lowest BCUT2D eigenvalue weighted by Crippen LogP contribution is -2.49.